The van der Waals surface area contributed by atoms with Crippen molar-refractivity contribution in [2.75, 3.05) is 50.8 Å². The number of benzene rings is 2. The molecule has 0 radical (unpaired) electrons. The third-order valence-electron chi connectivity index (χ3n) is 6.32. The van der Waals surface area contributed by atoms with Crippen LogP contribution in [0, 0.1) is 0 Å². The van der Waals surface area contributed by atoms with Crippen molar-refractivity contribution < 1.29 is 14.3 Å². The monoisotopic (exact) mass is 417 g/mol. The third kappa shape index (κ3) is 3.77. The number of nitrogens with zero attached hydrogens (tertiary/aromatic N) is 3. The van der Waals surface area contributed by atoms with Gasteiger partial charge >= 0.3 is 0 Å². The fourth-order valence-corrected chi connectivity index (χ4v) is 4.73. The summed E-state index contributed by atoms with van der Waals surface area (Å²) in [5.74, 6) is -0.361. The Kier molecular flexibility index (Phi) is 5.57. The van der Waals surface area contributed by atoms with Crippen LogP contribution in [-0.2, 0) is 20.7 Å². The van der Waals surface area contributed by atoms with Gasteiger partial charge in [-0.15, -0.1) is 0 Å². The largest absolute Gasteiger partial charge is 0.379 e. The number of imide groups is 1. The molecule has 0 saturated carbocycles. The van der Waals surface area contributed by atoms with Crippen LogP contribution in [-0.4, -0.2) is 67.6 Å². The number of anilines is 1. The van der Waals surface area contributed by atoms with Crippen molar-refractivity contribution >= 4 is 23.1 Å². The lowest BCUT2D eigenvalue weighted by atomic mass is 10.0. The third-order valence-corrected chi connectivity index (χ3v) is 6.32. The molecule has 3 heterocycles. The minimum absolute atomic E-state index is 0.178. The Hall–Kier alpha value is -2.96. The number of para-hydroxylation sites is 1. The van der Waals surface area contributed by atoms with Crippen LogP contribution in [0.4, 0.5) is 5.69 Å². The number of rotatable bonds is 6. The van der Waals surface area contributed by atoms with Crippen LogP contribution in [0.2, 0.25) is 0 Å². The Labute approximate surface area is 182 Å². The first-order valence-corrected chi connectivity index (χ1v) is 11.1. The summed E-state index contributed by atoms with van der Waals surface area (Å²) in [6.07, 6.45) is 1.64. The molecule has 2 aromatic rings. The van der Waals surface area contributed by atoms with Gasteiger partial charge in [0.2, 0.25) is 0 Å². The molecule has 6 heteroatoms. The predicted molar refractivity (Wildman–Crippen MR) is 119 cm³/mol. The quantitative estimate of drug-likeness (QED) is 0.677. The van der Waals surface area contributed by atoms with Gasteiger partial charge in [0.1, 0.15) is 5.70 Å². The molecule has 5 rings (SSSR count). The van der Waals surface area contributed by atoms with E-state index in [9.17, 15) is 9.59 Å². The van der Waals surface area contributed by atoms with Crippen LogP contribution in [0.3, 0.4) is 0 Å². The van der Waals surface area contributed by atoms with E-state index < -0.39 is 0 Å². The summed E-state index contributed by atoms with van der Waals surface area (Å²) in [4.78, 5) is 32.8. The molecule has 0 atom stereocenters. The number of ether oxygens (including phenoxy) is 1. The van der Waals surface area contributed by atoms with E-state index in [4.69, 9.17) is 4.74 Å². The highest BCUT2D eigenvalue weighted by Gasteiger charge is 2.42. The van der Waals surface area contributed by atoms with E-state index >= 15 is 0 Å². The summed E-state index contributed by atoms with van der Waals surface area (Å²) >= 11 is 0. The molecular formula is C25H27N3O3. The maximum atomic E-state index is 13.6. The summed E-state index contributed by atoms with van der Waals surface area (Å²) in [6.45, 7) is 5.33. The molecule has 0 aromatic heterocycles. The maximum absolute atomic E-state index is 13.6. The lowest BCUT2D eigenvalue weighted by molar-refractivity contribution is -0.137. The summed E-state index contributed by atoms with van der Waals surface area (Å²) in [6, 6.07) is 17.7. The number of fused-ring (bicyclic) bond motifs is 1. The second-order valence-corrected chi connectivity index (χ2v) is 8.19. The predicted octanol–water partition coefficient (Wildman–Crippen LogP) is 2.55. The zero-order chi connectivity index (χ0) is 21.2. The van der Waals surface area contributed by atoms with E-state index in [1.54, 1.807) is 0 Å². The van der Waals surface area contributed by atoms with Gasteiger partial charge in [0, 0.05) is 38.4 Å². The van der Waals surface area contributed by atoms with E-state index in [2.05, 4.69) is 11.0 Å². The van der Waals surface area contributed by atoms with Gasteiger partial charge in [-0.05, 0) is 30.0 Å². The minimum Gasteiger partial charge on any atom is -0.379 e. The highest BCUT2D eigenvalue weighted by Crippen LogP contribution is 2.38. The van der Waals surface area contributed by atoms with E-state index in [1.807, 2.05) is 53.4 Å². The molecule has 3 aliphatic rings. The fraction of sp³-hybridized carbons (Fsp3) is 0.360. The Bertz CT molecular complexity index is 1010. The number of morpholine rings is 1. The average Bonchev–Trinajstić information content (AvgIpc) is 3.34. The zero-order valence-electron chi connectivity index (χ0n) is 17.6. The van der Waals surface area contributed by atoms with Crippen LogP contribution in [0.5, 0.6) is 0 Å². The Morgan fingerprint density at radius 1 is 0.806 bits per heavy atom. The Balaban J connectivity index is 1.42. The van der Waals surface area contributed by atoms with Gasteiger partial charge in [-0.25, -0.2) is 0 Å². The molecule has 0 spiro atoms. The topological polar surface area (TPSA) is 53.1 Å². The molecular weight excluding hydrogens is 390 g/mol. The van der Waals surface area contributed by atoms with Gasteiger partial charge in [0.15, 0.2) is 0 Å². The summed E-state index contributed by atoms with van der Waals surface area (Å²) in [5, 5.41) is 0. The molecule has 31 heavy (non-hydrogen) atoms. The lowest BCUT2D eigenvalue weighted by Crippen LogP contribution is -2.40. The molecule has 0 aliphatic carbocycles. The summed E-state index contributed by atoms with van der Waals surface area (Å²) < 4.78 is 5.40. The van der Waals surface area contributed by atoms with Crippen molar-refractivity contribution in [3.05, 3.63) is 71.4 Å². The van der Waals surface area contributed by atoms with E-state index in [0.29, 0.717) is 24.4 Å². The summed E-state index contributed by atoms with van der Waals surface area (Å²) in [7, 11) is 0. The van der Waals surface area contributed by atoms with Crippen LogP contribution < -0.4 is 4.90 Å². The second kappa shape index (κ2) is 8.65. The number of carbonyl (C=O) groups excluding carboxylic acids is 2. The van der Waals surface area contributed by atoms with Crippen LogP contribution in [0.15, 0.2) is 60.3 Å². The first-order chi connectivity index (χ1) is 15.2. The van der Waals surface area contributed by atoms with Crippen LogP contribution in [0.25, 0.3) is 5.57 Å². The van der Waals surface area contributed by atoms with Gasteiger partial charge in [0.05, 0.1) is 18.8 Å². The maximum Gasteiger partial charge on any atom is 0.278 e. The standard InChI is InChI=1S/C25H27N3O3/c29-24-22(20-8-2-1-3-9-20)23(27-14-11-19-7-4-5-10-21(19)27)25(30)28(24)13-6-12-26-15-17-31-18-16-26/h1-5,7-10H,6,11-18H2. The normalized spacial score (nSPS) is 19.5. The molecule has 3 aliphatic heterocycles. The highest BCUT2D eigenvalue weighted by molar-refractivity contribution is 6.36. The molecule has 1 saturated heterocycles. The number of carbonyl (C=O) groups is 2. The van der Waals surface area contributed by atoms with Gasteiger partial charge in [-0.2, -0.15) is 0 Å². The molecule has 2 aromatic carbocycles. The van der Waals surface area contributed by atoms with E-state index in [-0.39, 0.29) is 11.8 Å². The number of amides is 2. The molecule has 0 bridgehead atoms. The second-order valence-electron chi connectivity index (χ2n) is 8.19. The van der Waals surface area contributed by atoms with Gasteiger partial charge in [0.25, 0.3) is 11.8 Å². The minimum atomic E-state index is -0.183. The zero-order valence-corrected chi connectivity index (χ0v) is 17.6. The molecule has 2 amide bonds. The van der Waals surface area contributed by atoms with Crippen molar-refractivity contribution in [3.8, 4) is 0 Å². The first kappa shape index (κ1) is 20.0. The summed E-state index contributed by atoms with van der Waals surface area (Å²) in [5.41, 5.74) is 4.09. The van der Waals surface area contributed by atoms with Crippen molar-refractivity contribution in [2.24, 2.45) is 0 Å². The molecule has 160 valence electrons. The number of hydrogen-bond donors (Lipinski definition) is 0. The van der Waals surface area contributed by atoms with Crippen molar-refractivity contribution in [1.29, 1.82) is 0 Å². The SMILES string of the molecule is O=C1C(c2ccccc2)=C(N2CCc3ccccc32)C(=O)N1CCCN1CCOCC1. The number of hydrogen-bond acceptors (Lipinski definition) is 5. The van der Waals surface area contributed by atoms with Gasteiger partial charge < -0.3 is 9.64 Å². The lowest BCUT2D eigenvalue weighted by Gasteiger charge is -2.27. The Morgan fingerprint density at radius 2 is 1.55 bits per heavy atom. The molecule has 0 unspecified atom stereocenters. The van der Waals surface area contributed by atoms with Gasteiger partial charge in [-0.1, -0.05) is 48.5 Å². The molecule has 0 N–H and O–H groups in total. The fourth-order valence-electron chi connectivity index (χ4n) is 4.73. The Morgan fingerprint density at radius 3 is 2.35 bits per heavy atom. The molecule has 1 fully saturated rings. The highest BCUT2D eigenvalue weighted by atomic mass is 16.5. The molecule has 6 nitrogen and oxygen atoms in total. The van der Waals surface area contributed by atoms with Crippen molar-refractivity contribution in [2.45, 2.75) is 12.8 Å². The van der Waals surface area contributed by atoms with Crippen LogP contribution >= 0.6 is 0 Å². The van der Waals surface area contributed by atoms with E-state index in [1.165, 1.54) is 10.5 Å². The smallest absolute Gasteiger partial charge is 0.278 e. The first-order valence-electron chi connectivity index (χ1n) is 11.1. The van der Waals surface area contributed by atoms with Crippen LogP contribution in [0.1, 0.15) is 17.5 Å². The van der Waals surface area contributed by atoms with Gasteiger partial charge in [-0.3, -0.25) is 19.4 Å². The van der Waals surface area contributed by atoms with Crippen molar-refractivity contribution in [3.63, 3.8) is 0 Å². The van der Waals surface area contributed by atoms with Crippen molar-refractivity contribution in [1.82, 2.24) is 9.80 Å². The van der Waals surface area contributed by atoms with E-state index in [0.717, 1.165) is 56.9 Å². The average molecular weight is 418 g/mol.